The maximum atomic E-state index is 12.9. The Hall–Kier alpha value is -3.08. The number of hydrogen-bond acceptors (Lipinski definition) is 1. The van der Waals surface area contributed by atoms with E-state index in [1.807, 2.05) is 60.7 Å². The molecule has 130 valence electrons. The number of alkyl halides is 3. The van der Waals surface area contributed by atoms with Gasteiger partial charge in [0.25, 0.3) is 0 Å². The molecule has 0 amide bonds. The van der Waals surface area contributed by atoms with Gasteiger partial charge in [0.2, 0.25) is 5.82 Å². The first kappa shape index (κ1) is 16.4. The van der Waals surface area contributed by atoms with Crippen LogP contribution in [0.5, 0.6) is 0 Å². The fourth-order valence-corrected chi connectivity index (χ4v) is 3.03. The highest BCUT2D eigenvalue weighted by Crippen LogP contribution is 2.30. The molecule has 1 N–H and O–H groups in total. The van der Waals surface area contributed by atoms with Crippen molar-refractivity contribution < 1.29 is 13.2 Å². The van der Waals surface area contributed by atoms with Crippen molar-refractivity contribution in [1.82, 2.24) is 9.97 Å². The molecule has 1 heterocycles. The van der Waals surface area contributed by atoms with Crippen LogP contribution in [0.3, 0.4) is 0 Å². The van der Waals surface area contributed by atoms with Gasteiger partial charge in [-0.1, -0.05) is 66.7 Å². The average Bonchev–Trinajstić information content (AvgIpc) is 3.09. The number of nitrogens with one attached hydrogen (secondary N) is 1. The van der Waals surface area contributed by atoms with Crippen LogP contribution in [-0.4, -0.2) is 9.97 Å². The van der Waals surface area contributed by atoms with Crippen molar-refractivity contribution in [1.29, 1.82) is 0 Å². The number of halogens is 3. The molecule has 4 aromatic rings. The van der Waals surface area contributed by atoms with E-state index in [0.29, 0.717) is 17.5 Å². The molecule has 0 aliphatic carbocycles. The number of nitrogens with zero attached hydrogens (tertiary/aromatic N) is 1. The third-order valence-electron chi connectivity index (χ3n) is 4.32. The Labute approximate surface area is 148 Å². The largest absolute Gasteiger partial charge is 0.449 e. The van der Waals surface area contributed by atoms with Gasteiger partial charge in [0.1, 0.15) is 0 Å². The number of para-hydroxylation sites is 1. The number of imidazole rings is 1. The Morgan fingerprint density at radius 1 is 0.769 bits per heavy atom. The monoisotopic (exact) mass is 352 g/mol. The normalized spacial score (nSPS) is 11.8. The number of hydrogen-bond donors (Lipinski definition) is 1. The molecule has 0 bridgehead atoms. The second kappa shape index (κ2) is 6.33. The first-order valence-electron chi connectivity index (χ1n) is 8.20. The van der Waals surface area contributed by atoms with Gasteiger partial charge in [0, 0.05) is 0 Å². The van der Waals surface area contributed by atoms with Crippen LogP contribution in [-0.2, 0) is 12.6 Å². The van der Waals surface area contributed by atoms with Gasteiger partial charge in [-0.05, 0) is 34.7 Å². The van der Waals surface area contributed by atoms with Gasteiger partial charge < -0.3 is 4.98 Å². The second-order valence-corrected chi connectivity index (χ2v) is 6.14. The lowest BCUT2D eigenvalue weighted by molar-refractivity contribution is -0.144. The minimum Gasteiger partial charge on any atom is -0.334 e. The number of aromatic nitrogens is 2. The van der Waals surface area contributed by atoms with Crippen molar-refractivity contribution in [2.24, 2.45) is 0 Å². The van der Waals surface area contributed by atoms with Crippen molar-refractivity contribution in [3.05, 3.63) is 89.7 Å². The molecule has 0 fully saturated rings. The summed E-state index contributed by atoms with van der Waals surface area (Å²) in [5.74, 6) is -0.959. The summed E-state index contributed by atoms with van der Waals surface area (Å²) in [7, 11) is 0. The smallest absolute Gasteiger partial charge is 0.334 e. The van der Waals surface area contributed by atoms with Crippen LogP contribution in [0.4, 0.5) is 13.2 Å². The summed E-state index contributed by atoms with van der Waals surface area (Å²) in [6.07, 6.45) is -3.96. The van der Waals surface area contributed by atoms with E-state index in [1.165, 1.54) is 0 Å². The lowest BCUT2D eigenvalue weighted by atomic mass is 10.00. The Bertz CT molecular complexity index is 1030. The number of H-pyrrole nitrogens is 1. The lowest BCUT2D eigenvalue weighted by Crippen LogP contribution is -2.06. The zero-order chi connectivity index (χ0) is 18.1. The molecular weight excluding hydrogens is 337 g/mol. The number of rotatable bonds is 3. The van der Waals surface area contributed by atoms with Gasteiger partial charge in [0.05, 0.1) is 11.0 Å². The van der Waals surface area contributed by atoms with E-state index in [0.717, 1.165) is 22.3 Å². The first-order valence-corrected chi connectivity index (χ1v) is 8.20. The summed E-state index contributed by atoms with van der Waals surface area (Å²) in [5, 5.41) is 0. The van der Waals surface area contributed by atoms with Gasteiger partial charge in [0.15, 0.2) is 0 Å². The molecule has 2 nitrogen and oxygen atoms in total. The van der Waals surface area contributed by atoms with Crippen molar-refractivity contribution in [3.63, 3.8) is 0 Å². The average molecular weight is 352 g/mol. The highest BCUT2D eigenvalue weighted by Gasteiger charge is 2.34. The van der Waals surface area contributed by atoms with Crippen LogP contribution >= 0.6 is 0 Å². The molecular formula is C21H15F3N2. The third kappa shape index (κ3) is 3.20. The zero-order valence-electron chi connectivity index (χ0n) is 13.7. The van der Waals surface area contributed by atoms with Crippen LogP contribution in [0.2, 0.25) is 0 Å². The van der Waals surface area contributed by atoms with Crippen LogP contribution in [0, 0.1) is 0 Å². The van der Waals surface area contributed by atoms with E-state index in [2.05, 4.69) is 9.97 Å². The SMILES string of the molecule is FC(F)(F)c1nc2c(Cc3ccc(-c4ccccc4)cc3)cccc2[nH]1. The summed E-state index contributed by atoms with van der Waals surface area (Å²) in [6, 6.07) is 23.2. The Balaban J connectivity index is 1.64. The minimum atomic E-state index is -4.48. The third-order valence-corrected chi connectivity index (χ3v) is 4.32. The highest BCUT2D eigenvalue weighted by molar-refractivity contribution is 5.79. The molecule has 5 heteroatoms. The molecule has 0 radical (unpaired) electrons. The molecule has 0 saturated carbocycles. The fourth-order valence-electron chi connectivity index (χ4n) is 3.03. The molecule has 3 aromatic carbocycles. The van der Waals surface area contributed by atoms with Gasteiger partial charge in [-0.25, -0.2) is 4.98 Å². The maximum Gasteiger partial charge on any atom is 0.449 e. The Morgan fingerprint density at radius 2 is 1.46 bits per heavy atom. The van der Waals surface area contributed by atoms with E-state index in [-0.39, 0.29) is 0 Å². The molecule has 0 unspecified atom stereocenters. The van der Waals surface area contributed by atoms with E-state index in [9.17, 15) is 13.2 Å². The van der Waals surface area contributed by atoms with Crippen molar-refractivity contribution in [3.8, 4) is 11.1 Å². The molecule has 0 spiro atoms. The van der Waals surface area contributed by atoms with E-state index in [4.69, 9.17) is 0 Å². The number of fused-ring (bicyclic) bond motifs is 1. The molecule has 26 heavy (non-hydrogen) atoms. The molecule has 0 saturated heterocycles. The number of aromatic amines is 1. The van der Waals surface area contributed by atoms with E-state index in [1.54, 1.807) is 12.1 Å². The summed E-state index contributed by atoms with van der Waals surface area (Å²) in [6.45, 7) is 0. The van der Waals surface area contributed by atoms with Gasteiger partial charge >= 0.3 is 6.18 Å². The quantitative estimate of drug-likeness (QED) is 0.493. The Kier molecular flexibility index (Phi) is 3.99. The Morgan fingerprint density at radius 3 is 2.15 bits per heavy atom. The zero-order valence-corrected chi connectivity index (χ0v) is 13.7. The molecule has 0 aliphatic rings. The summed E-state index contributed by atoms with van der Waals surface area (Å²) in [5.41, 5.74) is 4.79. The van der Waals surface area contributed by atoms with Gasteiger partial charge in [-0.3, -0.25) is 0 Å². The standard InChI is InChI=1S/C21H15F3N2/c22-21(23,24)20-25-18-8-4-7-17(19(18)26-20)13-14-9-11-16(12-10-14)15-5-2-1-3-6-15/h1-12H,13H2,(H,25,26). The van der Waals surface area contributed by atoms with Crippen LogP contribution in [0.15, 0.2) is 72.8 Å². The van der Waals surface area contributed by atoms with E-state index < -0.39 is 12.0 Å². The van der Waals surface area contributed by atoms with E-state index >= 15 is 0 Å². The van der Waals surface area contributed by atoms with Gasteiger partial charge in [-0.15, -0.1) is 0 Å². The molecule has 1 aromatic heterocycles. The van der Waals surface area contributed by atoms with Crippen LogP contribution in [0.1, 0.15) is 17.0 Å². The van der Waals surface area contributed by atoms with Crippen LogP contribution < -0.4 is 0 Å². The van der Waals surface area contributed by atoms with Gasteiger partial charge in [-0.2, -0.15) is 13.2 Å². The lowest BCUT2D eigenvalue weighted by Gasteiger charge is -2.06. The summed E-state index contributed by atoms with van der Waals surface area (Å²) >= 11 is 0. The molecule has 4 rings (SSSR count). The summed E-state index contributed by atoms with van der Waals surface area (Å²) in [4.78, 5) is 6.12. The van der Waals surface area contributed by atoms with Crippen molar-refractivity contribution in [2.45, 2.75) is 12.6 Å². The number of benzene rings is 3. The van der Waals surface area contributed by atoms with Crippen LogP contribution in [0.25, 0.3) is 22.2 Å². The first-order chi connectivity index (χ1) is 12.5. The second-order valence-electron chi connectivity index (χ2n) is 6.14. The highest BCUT2D eigenvalue weighted by atomic mass is 19.4. The van der Waals surface area contributed by atoms with Crippen molar-refractivity contribution >= 4 is 11.0 Å². The topological polar surface area (TPSA) is 28.7 Å². The minimum absolute atomic E-state index is 0.368. The fraction of sp³-hybridized carbons (Fsp3) is 0.0952. The predicted molar refractivity (Wildman–Crippen MR) is 95.8 cm³/mol. The summed E-state index contributed by atoms with van der Waals surface area (Å²) < 4.78 is 38.7. The van der Waals surface area contributed by atoms with Crippen molar-refractivity contribution in [2.75, 3.05) is 0 Å². The predicted octanol–water partition coefficient (Wildman–Crippen LogP) is 5.84. The maximum absolute atomic E-state index is 12.9. The molecule has 0 aliphatic heterocycles. The molecule has 0 atom stereocenters.